The fourth-order valence-electron chi connectivity index (χ4n) is 12.1. The first-order chi connectivity index (χ1) is 40.2. The van der Waals surface area contributed by atoms with E-state index in [4.69, 9.17) is 33.4 Å². The van der Waals surface area contributed by atoms with Crippen LogP contribution in [0.15, 0.2) is 64.3 Å². The molecule has 6 aliphatic heterocycles. The molecule has 10 atom stereocenters. The molecule has 6 heterocycles. The number of hydrogen-bond acceptors (Lipinski definition) is 19. The van der Waals surface area contributed by atoms with Crippen molar-refractivity contribution < 1.29 is 77.2 Å². The quantitative estimate of drug-likeness (QED) is 0.114. The van der Waals surface area contributed by atoms with Gasteiger partial charge in [0.25, 0.3) is 11.7 Å². The topological polar surface area (TPSA) is 280 Å². The van der Waals surface area contributed by atoms with Crippen LogP contribution < -0.4 is 35.9 Å². The number of amides is 3. The summed E-state index contributed by atoms with van der Waals surface area (Å²) in [5, 5.41) is 53.2. The highest BCUT2D eigenvalue weighted by Gasteiger charge is 2.51. The highest BCUT2D eigenvalue weighted by atomic mass is 19.1. The number of phenols is 2. The molecule has 23 heteroatoms. The maximum atomic E-state index is 14.7. The molecular weight excluding hydrogens is 1100 g/mol. The van der Waals surface area contributed by atoms with Gasteiger partial charge < -0.3 is 69.3 Å². The molecule has 0 aliphatic carbocycles. The number of nitrogens with one attached hydrogen (secondary N) is 2. The number of benzene rings is 3. The number of rotatable bonds is 8. The number of halogens is 1. The van der Waals surface area contributed by atoms with Gasteiger partial charge >= 0.3 is 17.8 Å². The summed E-state index contributed by atoms with van der Waals surface area (Å²) in [4.78, 5) is 79.1. The summed E-state index contributed by atoms with van der Waals surface area (Å²) in [6, 6.07) is 4.72. The van der Waals surface area contributed by atoms with E-state index in [1.807, 2.05) is 4.90 Å². The molecule has 6 aliphatic rings. The number of aromatic hydroxyl groups is 2. The van der Waals surface area contributed by atoms with Crippen molar-refractivity contribution in [1.29, 1.82) is 0 Å². The van der Waals surface area contributed by atoms with E-state index in [1.54, 1.807) is 78.0 Å². The number of fused-ring (bicyclic) bond motifs is 1. The van der Waals surface area contributed by atoms with Gasteiger partial charge in [-0.2, -0.15) is 0 Å². The molecule has 6 N–H and O–H groups in total. The Bertz CT molecular complexity index is 3280. The van der Waals surface area contributed by atoms with E-state index >= 15 is 0 Å². The number of likely N-dealkylation sites (tertiary alicyclic amines) is 1. The molecule has 3 saturated heterocycles. The Kier molecular flexibility index (Phi) is 19.7. The zero-order valence-corrected chi connectivity index (χ0v) is 50.6. The van der Waals surface area contributed by atoms with Crippen LogP contribution in [0.1, 0.15) is 98.0 Å². The number of morpholine rings is 1. The van der Waals surface area contributed by atoms with Crippen molar-refractivity contribution >= 4 is 57.5 Å². The van der Waals surface area contributed by atoms with E-state index < -0.39 is 95.1 Å². The van der Waals surface area contributed by atoms with Crippen molar-refractivity contribution in [2.45, 2.75) is 131 Å². The van der Waals surface area contributed by atoms with Gasteiger partial charge in [-0.25, -0.2) is 14.2 Å². The number of phenolic OH excluding ortho intramolecular Hbond substituents is 2. The standard InChI is InChI=1S/C46H62N4O11.C16H20FN3O4/c1-22(2)21-50-18-16-46(17-19-50)48-34-31-32-39(54)28(8)42-33(31)43(56)45(10,61-42)59-20-15-30(58-11)25(5)41(60-29(9)51)27(7)38(53)26(6)37(52)23(3)13-12-14-24(4)44(57)47-36(40(32)55)35(34)49-46;1-11(21)18-9-13-10-20(16(22)24-13)12-2-3-15(14(17)8-12)19-4-6-23-7-5-19/h12-15,20,22-23,25-27,30,37-38,41,48,52-55H,16-19,21H2,1-11H3;2-3,8,13H,4-7,9-10H2,1H3,(H,18,21)/b13-12-,20-15-,24-14-,47-36?;/t23-,25-,26+,27+,30-,37-,38+,41-,45+;13-/m10/s1. The van der Waals surface area contributed by atoms with Crippen LogP contribution in [-0.4, -0.2) is 163 Å². The van der Waals surface area contributed by atoms with Gasteiger partial charge in [-0.1, -0.05) is 59.8 Å². The van der Waals surface area contributed by atoms with E-state index in [1.165, 1.54) is 45.1 Å². The number of hydrogen-bond donors (Lipinski definition) is 6. The van der Waals surface area contributed by atoms with Crippen LogP contribution >= 0.6 is 0 Å². The molecule has 0 radical (unpaired) electrons. The summed E-state index contributed by atoms with van der Waals surface area (Å²) < 4.78 is 48.9. The van der Waals surface area contributed by atoms with Crippen LogP contribution in [0.5, 0.6) is 17.2 Å². The van der Waals surface area contributed by atoms with Gasteiger partial charge in [0.1, 0.15) is 45.9 Å². The Morgan fingerprint density at radius 2 is 1.62 bits per heavy atom. The van der Waals surface area contributed by atoms with Gasteiger partial charge in [0, 0.05) is 114 Å². The molecule has 0 aromatic heterocycles. The van der Waals surface area contributed by atoms with E-state index in [9.17, 15) is 48.8 Å². The van der Waals surface area contributed by atoms with E-state index in [2.05, 4.69) is 34.4 Å². The molecule has 3 aromatic rings. The number of methoxy groups -OCH3 is 1. The molecule has 0 unspecified atom stereocenters. The molecule has 22 nitrogen and oxygen atoms in total. The molecule has 462 valence electrons. The molecule has 85 heavy (non-hydrogen) atoms. The minimum Gasteiger partial charge on any atom is -0.507 e. The lowest BCUT2D eigenvalue weighted by atomic mass is 9.78. The fourth-order valence-corrected chi connectivity index (χ4v) is 12.1. The normalized spacial score (nSPS) is 29.3. The van der Waals surface area contributed by atoms with Crippen molar-refractivity contribution in [2.24, 2.45) is 39.6 Å². The number of ketones is 1. The first kappa shape index (κ1) is 63.8. The van der Waals surface area contributed by atoms with Gasteiger partial charge in [-0.05, 0) is 44.0 Å². The zero-order chi connectivity index (χ0) is 62.0. The summed E-state index contributed by atoms with van der Waals surface area (Å²) in [5.74, 6) is -7.14. The van der Waals surface area contributed by atoms with Crippen molar-refractivity contribution in [1.82, 2.24) is 10.2 Å². The largest absolute Gasteiger partial charge is 0.507 e. The summed E-state index contributed by atoms with van der Waals surface area (Å²) >= 11 is 0. The third-order valence-corrected chi connectivity index (χ3v) is 17.0. The monoisotopic (exact) mass is 1180 g/mol. The number of nitrogens with zero attached hydrogens (tertiary/aromatic N) is 5. The van der Waals surface area contributed by atoms with Crippen molar-refractivity contribution in [3.05, 3.63) is 82.0 Å². The molecule has 9 rings (SSSR count). The smallest absolute Gasteiger partial charge is 0.414 e. The molecule has 3 amide bonds. The Hall–Kier alpha value is -7.18. The Morgan fingerprint density at radius 3 is 2.26 bits per heavy atom. The predicted octanol–water partition coefficient (Wildman–Crippen LogP) is 5.87. The maximum Gasteiger partial charge on any atom is 0.414 e. The minimum atomic E-state index is -1.95. The number of piperidine rings is 1. The number of cyclic esters (lactones) is 1. The summed E-state index contributed by atoms with van der Waals surface area (Å²) in [5.41, 5.74) is 0.837. The first-order valence-electron chi connectivity index (χ1n) is 29.1. The number of aliphatic hydroxyl groups is 2. The lowest BCUT2D eigenvalue weighted by molar-refractivity contribution is -0.160. The van der Waals surface area contributed by atoms with Crippen LogP contribution in [0.25, 0.3) is 10.8 Å². The van der Waals surface area contributed by atoms with Crippen LogP contribution in [0, 0.1) is 42.3 Å². The summed E-state index contributed by atoms with van der Waals surface area (Å²) in [6.07, 6.45) is 4.09. The number of allylic oxidation sites excluding steroid dienone is 2. The average molecular weight is 1180 g/mol. The molecule has 3 aromatic carbocycles. The lowest BCUT2D eigenvalue weighted by Crippen LogP contribution is -2.47. The Labute approximate surface area is 494 Å². The minimum absolute atomic E-state index is 0.0538. The third kappa shape index (κ3) is 13.4. The van der Waals surface area contributed by atoms with Crippen molar-refractivity contribution in [2.75, 3.05) is 81.3 Å². The fraction of sp³-hybridized carbons (Fsp3) is 0.565. The number of esters is 1. The number of ether oxygens (including phenoxy) is 6. The first-order valence-corrected chi connectivity index (χ1v) is 29.1. The van der Waals surface area contributed by atoms with Gasteiger partial charge in [0.2, 0.25) is 5.91 Å². The lowest BCUT2D eigenvalue weighted by Gasteiger charge is -2.38. The zero-order valence-electron chi connectivity index (χ0n) is 50.6. The molecular formula is C62H82FN7O15. The average Bonchev–Trinajstić information content (AvgIpc) is 1.60. The van der Waals surface area contributed by atoms with Crippen LogP contribution in [0.2, 0.25) is 0 Å². The predicted molar refractivity (Wildman–Crippen MR) is 313 cm³/mol. The third-order valence-electron chi connectivity index (χ3n) is 17.0. The van der Waals surface area contributed by atoms with Gasteiger partial charge in [0.15, 0.2) is 5.75 Å². The van der Waals surface area contributed by atoms with Crippen molar-refractivity contribution in [3.63, 3.8) is 0 Å². The molecule has 4 bridgehead atoms. The Balaban J connectivity index is 0.000000325. The van der Waals surface area contributed by atoms with Gasteiger partial charge in [-0.3, -0.25) is 29.1 Å². The number of anilines is 3. The summed E-state index contributed by atoms with van der Waals surface area (Å²) in [6.45, 7) is 23.9. The number of carbonyl (C=O) groups is 5. The molecule has 1 spiro atoms. The summed E-state index contributed by atoms with van der Waals surface area (Å²) in [7, 11) is 1.47. The highest BCUT2D eigenvalue weighted by Crippen LogP contribution is 2.51. The van der Waals surface area contributed by atoms with Crippen LogP contribution in [0.4, 0.5) is 26.2 Å². The highest BCUT2D eigenvalue weighted by molar-refractivity contribution is 6.21. The molecule has 0 saturated carbocycles. The van der Waals surface area contributed by atoms with E-state index in [0.717, 1.165) is 19.6 Å². The number of aliphatic hydroxyl groups excluding tert-OH is 2. The van der Waals surface area contributed by atoms with E-state index in [0.29, 0.717) is 62.1 Å². The number of Topliss-reactive ketones (excluding diaryl/α,β-unsaturated/α-hetero) is 1. The SMILES string of the molecule is CC(=O)NC[C@H]1CN(c2ccc(N3CCOCC3)c(F)c2)C(=O)O1.CO[C@@H]1/C=C\O[C@@]2(C)Oc3c(C)c(O)c4c(O)c(c5c(c4c3C2=O)NC2(CCN(CC(C)C)CC2)N=5)=NC(=O)/C(C)=C\C=C/[C@@H](C)[C@@H](O)[C@H](C)[C@H](O)[C@H](C)[C@H](OC(C)=O)[C@@H]1C. The van der Waals surface area contributed by atoms with Gasteiger partial charge in [-0.15, -0.1) is 0 Å². The second-order valence-electron chi connectivity index (χ2n) is 23.8. The number of carbonyl (C=O) groups excluding carboxylic acids is 5. The second-order valence-corrected chi connectivity index (χ2v) is 23.8. The van der Waals surface area contributed by atoms with Crippen molar-refractivity contribution in [3.8, 4) is 17.2 Å². The van der Waals surface area contributed by atoms with E-state index in [-0.39, 0.29) is 74.5 Å². The second kappa shape index (κ2) is 26.2. The van der Waals surface area contributed by atoms with Crippen LogP contribution in [-0.2, 0) is 38.1 Å². The van der Waals surface area contributed by atoms with Crippen LogP contribution in [0.3, 0.4) is 0 Å². The van der Waals surface area contributed by atoms with Gasteiger partial charge in [0.05, 0.1) is 78.9 Å². The molecule has 3 fully saturated rings. The maximum absolute atomic E-state index is 14.7. The Morgan fingerprint density at radius 1 is 0.929 bits per heavy atom.